The molecule has 1 aromatic rings. The molecule has 0 fully saturated rings. The Morgan fingerprint density at radius 2 is 1.10 bits per heavy atom. The van der Waals surface area contributed by atoms with Crippen molar-refractivity contribution in [3.8, 4) is 0 Å². The molecule has 0 spiro atoms. The van der Waals surface area contributed by atoms with Crippen LogP contribution in [0.1, 0.15) is 22.5 Å². The zero-order valence-electron chi connectivity index (χ0n) is 6.95. The minimum atomic E-state index is 0. The predicted molar refractivity (Wildman–Crippen MR) is 39.7 cm³/mol. The summed E-state index contributed by atoms with van der Waals surface area (Å²) in [5.74, 6) is 0. The third-order valence-corrected chi connectivity index (χ3v) is 2.06. The molecule has 0 bridgehead atoms. The van der Waals surface area contributed by atoms with E-state index in [1.807, 2.05) is 0 Å². The van der Waals surface area contributed by atoms with Gasteiger partial charge in [-0.15, -0.1) is 0 Å². The van der Waals surface area contributed by atoms with Crippen LogP contribution in [0.25, 0.3) is 0 Å². The summed E-state index contributed by atoms with van der Waals surface area (Å²) in [5, 5.41) is 0. The van der Waals surface area contributed by atoms with Crippen molar-refractivity contribution in [1.29, 1.82) is 0 Å². The van der Waals surface area contributed by atoms with Gasteiger partial charge in [-0.25, -0.2) is 0 Å². The van der Waals surface area contributed by atoms with Crippen molar-refractivity contribution in [2.24, 2.45) is 0 Å². The number of nitrogens with one attached hydrogen (secondary N) is 1. The van der Waals surface area contributed by atoms with Crippen LogP contribution in [0.5, 0.6) is 0 Å². The molecule has 0 aliphatic rings. The summed E-state index contributed by atoms with van der Waals surface area (Å²) in [6.07, 6.45) is 0. The fourth-order valence-electron chi connectivity index (χ4n) is 1.03. The first-order chi connectivity index (χ1) is 4.13. The maximum atomic E-state index is 3.28. The molecule has 0 unspecified atom stereocenters. The Morgan fingerprint density at radius 1 is 0.800 bits per heavy atom. The number of rotatable bonds is 0. The number of H-pyrrole nitrogens is 1. The molecular weight excluding hydrogens is 161 g/mol. The van der Waals surface area contributed by atoms with E-state index in [0.29, 0.717) is 0 Å². The topological polar surface area (TPSA) is 15.8 Å². The molecule has 1 radical (unpaired) electrons. The molecule has 55 valence electrons. The molecule has 0 aliphatic carbocycles. The van der Waals surface area contributed by atoms with Gasteiger partial charge in [0.25, 0.3) is 0 Å². The van der Waals surface area contributed by atoms with Crippen LogP contribution >= 0.6 is 0 Å². The van der Waals surface area contributed by atoms with Gasteiger partial charge in [0, 0.05) is 29.9 Å². The summed E-state index contributed by atoms with van der Waals surface area (Å²) < 4.78 is 0. The van der Waals surface area contributed by atoms with Gasteiger partial charge in [0.1, 0.15) is 0 Å². The van der Waals surface area contributed by atoms with Gasteiger partial charge in [0.2, 0.25) is 0 Å². The molecule has 1 heterocycles. The van der Waals surface area contributed by atoms with Gasteiger partial charge in [0.15, 0.2) is 0 Å². The number of aromatic amines is 1. The van der Waals surface area contributed by atoms with Crippen LogP contribution in [0.4, 0.5) is 0 Å². The predicted octanol–water partition coefficient (Wildman–Crippen LogP) is 2.25. The average molecular weight is 174 g/mol. The summed E-state index contributed by atoms with van der Waals surface area (Å²) in [6.45, 7) is 8.51. The Balaban J connectivity index is 0.000000810. The number of hydrogen-bond donors (Lipinski definition) is 1. The van der Waals surface area contributed by atoms with Crippen LogP contribution in [0, 0.1) is 27.7 Å². The normalized spacial score (nSPS) is 9.20. The van der Waals surface area contributed by atoms with Gasteiger partial charge in [0.05, 0.1) is 0 Å². The molecule has 0 saturated carbocycles. The van der Waals surface area contributed by atoms with E-state index in [1.165, 1.54) is 22.5 Å². The quantitative estimate of drug-likeness (QED) is 0.620. The number of hydrogen-bond acceptors (Lipinski definition) is 0. The third kappa shape index (κ3) is 1.47. The Labute approximate surface area is 74.1 Å². The van der Waals surface area contributed by atoms with E-state index < -0.39 is 0 Å². The summed E-state index contributed by atoms with van der Waals surface area (Å²) >= 11 is 0. The molecule has 0 aliphatic heterocycles. The van der Waals surface area contributed by atoms with Gasteiger partial charge >= 0.3 is 0 Å². The monoisotopic (exact) mass is 174 g/mol. The first kappa shape index (κ1) is 9.86. The van der Waals surface area contributed by atoms with Crippen LogP contribution in [-0.2, 0) is 18.6 Å². The van der Waals surface area contributed by atoms with Crippen molar-refractivity contribution in [1.82, 2.24) is 4.98 Å². The molecule has 1 N–H and O–H groups in total. The number of aryl methyl sites for hydroxylation is 2. The summed E-state index contributed by atoms with van der Waals surface area (Å²) in [7, 11) is 0. The van der Waals surface area contributed by atoms with Crippen LogP contribution in [0.2, 0.25) is 0 Å². The molecule has 0 aromatic carbocycles. The van der Waals surface area contributed by atoms with Crippen LogP contribution in [0.15, 0.2) is 0 Å². The van der Waals surface area contributed by atoms with Gasteiger partial charge in [-0.1, -0.05) is 0 Å². The maximum absolute atomic E-state index is 3.28. The molecule has 1 rings (SSSR count). The summed E-state index contributed by atoms with van der Waals surface area (Å²) in [6, 6.07) is 0. The van der Waals surface area contributed by atoms with Crippen LogP contribution < -0.4 is 0 Å². The molecule has 10 heavy (non-hydrogen) atoms. The number of aromatic nitrogens is 1. The second-order valence-electron chi connectivity index (χ2n) is 2.62. The first-order valence-corrected chi connectivity index (χ1v) is 3.25. The van der Waals surface area contributed by atoms with E-state index >= 15 is 0 Å². The molecule has 2 heteroatoms. The van der Waals surface area contributed by atoms with E-state index in [-0.39, 0.29) is 18.6 Å². The molecule has 1 aromatic heterocycles. The van der Waals surface area contributed by atoms with Crippen molar-refractivity contribution < 1.29 is 18.6 Å². The summed E-state index contributed by atoms with van der Waals surface area (Å²) in [4.78, 5) is 3.28. The SMILES string of the molecule is Cc1[nH]c(C)c(C)c1C.[V]. The molecule has 0 saturated heterocycles. The second-order valence-corrected chi connectivity index (χ2v) is 2.62. The van der Waals surface area contributed by atoms with Crippen molar-refractivity contribution in [2.75, 3.05) is 0 Å². The van der Waals surface area contributed by atoms with E-state index in [9.17, 15) is 0 Å². The van der Waals surface area contributed by atoms with Crippen molar-refractivity contribution in [2.45, 2.75) is 27.7 Å². The molecular formula is C8H13NV. The Morgan fingerprint density at radius 3 is 1.20 bits per heavy atom. The largest absolute Gasteiger partial charge is 0.362 e. The molecule has 0 atom stereocenters. The molecule has 1 nitrogen and oxygen atoms in total. The zero-order valence-corrected chi connectivity index (χ0v) is 8.34. The molecule has 0 amide bonds. The van der Waals surface area contributed by atoms with Crippen LogP contribution in [-0.4, -0.2) is 4.98 Å². The van der Waals surface area contributed by atoms with Crippen molar-refractivity contribution in [3.05, 3.63) is 22.5 Å². The van der Waals surface area contributed by atoms with E-state index in [2.05, 4.69) is 32.7 Å². The fraction of sp³-hybridized carbons (Fsp3) is 0.500. The van der Waals surface area contributed by atoms with Gasteiger partial charge in [-0.2, -0.15) is 0 Å². The van der Waals surface area contributed by atoms with E-state index in [4.69, 9.17) is 0 Å². The van der Waals surface area contributed by atoms with Crippen molar-refractivity contribution in [3.63, 3.8) is 0 Å². The van der Waals surface area contributed by atoms with Gasteiger partial charge < -0.3 is 4.98 Å². The van der Waals surface area contributed by atoms with E-state index in [0.717, 1.165) is 0 Å². The Kier molecular flexibility index (Phi) is 3.27. The first-order valence-electron chi connectivity index (χ1n) is 3.25. The van der Waals surface area contributed by atoms with Gasteiger partial charge in [-0.05, 0) is 38.8 Å². The standard InChI is InChI=1S/C8H13N.V/c1-5-6(2)8(4)9-7(5)3;/h9H,1-4H3;. The average Bonchev–Trinajstić information content (AvgIpc) is 1.98. The Hall–Kier alpha value is -0.136. The minimum Gasteiger partial charge on any atom is -0.362 e. The van der Waals surface area contributed by atoms with Crippen molar-refractivity contribution >= 4 is 0 Å². The maximum Gasteiger partial charge on any atom is 0.0150 e. The second kappa shape index (κ2) is 3.31. The fourth-order valence-corrected chi connectivity index (χ4v) is 1.03. The van der Waals surface area contributed by atoms with Gasteiger partial charge in [-0.3, -0.25) is 0 Å². The Bertz CT molecular complexity index is 203. The minimum absolute atomic E-state index is 0. The third-order valence-electron chi connectivity index (χ3n) is 2.06. The van der Waals surface area contributed by atoms with Crippen LogP contribution in [0.3, 0.4) is 0 Å². The smallest absolute Gasteiger partial charge is 0.0150 e. The van der Waals surface area contributed by atoms with E-state index in [1.54, 1.807) is 0 Å². The zero-order chi connectivity index (χ0) is 7.02. The summed E-state index contributed by atoms with van der Waals surface area (Å²) in [5.41, 5.74) is 5.38.